The van der Waals surface area contributed by atoms with Crippen molar-refractivity contribution in [2.24, 2.45) is 0 Å². The van der Waals surface area contributed by atoms with Crippen LogP contribution in [-0.2, 0) is 6.42 Å². The van der Waals surface area contributed by atoms with Gasteiger partial charge < -0.3 is 0 Å². The molecule has 2 aromatic carbocycles. The van der Waals surface area contributed by atoms with E-state index in [4.69, 9.17) is 0 Å². The normalized spacial score (nSPS) is 17.1. The Kier molecular flexibility index (Phi) is 8.15. The third-order valence-corrected chi connectivity index (χ3v) is 6.11. The summed E-state index contributed by atoms with van der Waals surface area (Å²) < 4.78 is 0. The van der Waals surface area contributed by atoms with Crippen molar-refractivity contribution in [3.63, 3.8) is 0 Å². The van der Waals surface area contributed by atoms with Gasteiger partial charge in [0.25, 0.3) is 0 Å². The Labute approximate surface area is 172 Å². The van der Waals surface area contributed by atoms with Gasteiger partial charge in [0, 0.05) is 0 Å². The van der Waals surface area contributed by atoms with Gasteiger partial charge in [-0.15, -0.1) is 0 Å². The second-order valence-corrected chi connectivity index (χ2v) is 8.22. The van der Waals surface area contributed by atoms with Crippen LogP contribution in [0.1, 0.15) is 82.3 Å². The molecule has 0 spiro atoms. The van der Waals surface area contributed by atoms with Gasteiger partial charge in [-0.05, 0) is 80.0 Å². The summed E-state index contributed by atoms with van der Waals surface area (Å²) in [7, 11) is 0. The number of aryl methyl sites for hydroxylation is 1. The fourth-order valence-electron chi connectivity index (χ4n) is 4.24. The van der Waals surface area contributed by atoms with Crippen molar-refractivity contribution >= 4 is 0 Å². The van der Waals surface area contributed by atoms with E-state index in [0.717, 1.165) is 0 Å². The summed E-state index contributed by atoms with van der Waals surface area (Å²) >= 11 is 0. The minimum Gasteiger partial charge on any atom is -0.0917 e. The van der Waals surface area contributed by atoms with E-state index in [1.807, 2.05) is 0 Å². The highest BCUT2D eigenvalue weighted by molar-refractivity contribution is 5.64. The summed E-state index contributed by atoms with van der Waals surface area (Å²) in [5.41, 5.74) is 7.30. The second-order valence-electron chi connectivity index (χ2n) is 8.22. The third-order valence-electron chi connectivity index (χ3n) is 6.11. The molecular weight excluding hydrogens is 336 g/mol. The van der Waals surface area contributed by atoms with Crippen LogP contribution in [-0.4, -0.2) is 0 Å². The summed E-state index contributed by atoms with van der Waals surface area (Å²) in [6, 6.07) is 18.5. The first-order chi connectivity index (χ1) is 13.8. The van der Waals surface area contributed by atoms with Crippen LogP contribution in [0.25, 0.3) is 11.1 Å². The third kappa shape index (κ3) is 5.96. The first-order valence-corrected chi connectivity index (χ1v) is 11.3. The zero-order valence-electron chi connectivity index (χ0n) is 17.8. The first-order valence-electron chi connectivity index (χ1n) is 11.3. The van der Waals surface area contributed by atoms with Crippen molar-refractivity contribution in [2.45, 2.75) is 77.6 Å². The number of benzene rings is 2. The predicted octanol–water partition coefficient (Wildman–Crippen LogP) is 8.64. The Balaban J connectivity index is 1.56. The molecule has 148 valence electrons. The molecule has 28 heavy (non-hydrogen) atoms. The lowest BCUT2D eigenvalue weighted by Gasteiger charge is -2.22. The van der Waals surface area contributed by atoms with Crippen LogP contribution in [0.2, 0.25) is 0 Å². The van der Waals surface area contributed by atoms with E-state index in [9.17, 15) is 0 Å². The van der Waals surface area contributed by atoms with Crippen molar-refractivity contribution in [3.05, 3.63) is 83.5 Å². The summed E-state index contributed by atoms with van der Waals surface area (Å²) in [6.45, 7) is 4.37. The average Bonchev–Trinajstić information content (AvgIpc) is 2.75. The molecule has 0 fully saturated rings. The lowest BCUT2D eigenvalue weighted by molar-refractivity contribution is 0.586. The van der Waals surface area contributed by atoms with Gasteiger partial charge in [0.15, 0.2) is 0 Å². The molecule has 1 unspecified atom stereocenters. The summed E-state index contributed by atoms with van der Waals surface area (Å²) in [5, 5.41) is 0. The molecule has 2 aromatic rings. The molecule has 0 aromatic heterocycles. The van der Waals surface area contributed by atoms with E-state index in [1.165, 1.54) is 80.0 Å². The number of unbranched alkanes of at least 4 members (excludes halogenated alkanes) is 2. The van der Waals surface area contributed by atoms with Crippen molar-refractivity contribution in [3.8, 4) is 11.1 Å². The van der Waals surface area contributed by atoms with E-state index >= 15 is 0 Å². The van der Waals surface area contributed by atoms with Crippen molar-refractivity contribution < 1.29 is 0 Å². The molecule has 0 heteroatoms. The quantitative estimate of drug-likeness (QED) is 0.305. The molecule has 0 saturated carbocycles. The minimum absolute atomic E-state index is 0.695. The van der Waals surface area contributed by atoms with Crippen LogP contribution in [0.5, 0.6) is 0 Å². The Bertz CT molecular complexity index is 759. The predicted molar refractivity (Wildman–Crippen MR) is 124 cm³/mol. The highest BCUT2D eigenvalue weighted by Gasteiger charge is 2.16. The molecule has 1 atom stereocenters. The monoisotopic (exact) mass is 372 g/mol. The molecule has 0 heterocycles. The molecule has 1 aliphatic rings. The first kappa shape index (κ1) is 20.6. The van der Waals surface area contributed by atoms with Crippen LogP contribution in [0.3, 0.4) is 0 Å². The molecule has 0 nitrogen and oxygen atoms in total. The lowest BCUT2D eigenvalue weighted by Crippen LogP contribution is -2.04. The van der Waals surface area contributed by atoms with E-state index in [0.29, 0.717) is 5.92 Å². The number of allylic oxidation sites excluding steroid dienone is 4. The van der Waals surface area contributed by atoms with Gasteiger partial charge in [0.05, 0.1) is 0 Å². The maximum absolute atomic E-state index is 2.50. The maximum Gasteiger partial charge on any atom is -0.0124 e. The van der Waals surface area contributed by atoms with Crippen molar-refractivity contribution in [1.29, 1.82) is 0 Å². The van der Waals surface area contributed by atoms with Gasteiger partial charge in [0.1, 0.15) is 0 Å². The topological polar surface area (TPSA) is 0 Å². The molecule has 0 aliphatic heterocycles. The average molecular weight is 373 g/mol. The van der Waals surface area contributed by atoms with E-state index in [2.05, 4.69) is 80.6 Å². The highest BCUT2D eigenvalue weighted by atomic mass is 14.2. The van der Waals surface area contributed by atoms with Crippen molar-refractivity contribution in [2.75, 3.05) is 0 Å². The van der Waals surface area contributed by atoms with Gasteiger partial charge in [-0.3, -0.25) is 0 Å². The van der Waals surface area contributed by atoms with Gasteiger partial charge in [-0.25, -0.2) is 0 Å². The fraction of sp³-hybridized carbons (Fsp3) is 0.429. The molecule has 0 bridgehead atoms. The molecule has 0 radical (unpaired) electrons. The zero-order valence-corrected chi connectivity index (χ0v) is 17.8. The molecule has 0 amide bonds. The smallest absolute Gasteiger partial charge is 0.0124 e. The van der Waals surface area contributed by atoms with Gasteiger partial charge in [-0.1, -0.05) is 92.1 Å². The molecule has 0 N–H and O–H groups in total. The second kappa shape index (κ2) is 11.1. The summed E-state index contributed by atoms with van der Waals surface area (Å²) in [6.07, 6.45) is 18.3. The van der Waals surface area contributed by atoms with Gasteiger partial charge in [-0.2, -0.15) is 0 Å². The SMILES string of the molecule is CC=CCCC1=CCC(c2ccc(-c3ccc(CCCCC)cc3)cc2)CC1. The van der Waals surface area contributed by atoms with Crippen LogP contribution >= 0.6 is 0 Å². The Morgan fingerprint density at radius 3 is 2.21 bits per heavy atom. The highest BCUT2D eigenvalue weighted by Crippen LogP contribution is 2.34. The Morgan fingerprint density at radius 2 is 1.61 bits per heavy atom. The molecule has 0 saturated heterocycles. The molecular formula is C28H36. The van der Waals surface area contributed by atoms with Crippen LogP contribution in [0.15, 0.2) is 72.3 Å². The summed E-state index contributed by atoms with van der Waals surface area (Å²) in [5.74, 6) is 0.695. The van der Waals surface area contributed by atoms with Crippen LogP contribution < -0.4 is 0 Å². The van der Waals surface area contributed by atoms with Gasteiger partial charge >= 0.3 is 0 Å². The molecule has 3 rings (SSSR count). The van der Waals surface area contributed by atoms with E-state index in [-0.39, 0.29) is 0 Å². The number of rotatable bonds is 9. The van der Waals surface area contributed by atoms with Crippen LogP contribution in [0.4, 0.5) is 0 Å². The van der Waals surface area contributed by atoms with E-state index in [1.54, 1.807) is 5.57 Å². The Morgan fingerprint density at radius 1 is 0.893 bits per heavy atom. The maximum atomic E-state index is 2.50. The molecule has 1 aliphatic carbocycles. The minimum atomic E-state index is 0.695. The fourth-order valence-corrected chi connectivity index (χ4v) is 4.24. The number of hydrogen-bond donors (Lipinski definition) is 0. The van der Waals surface area contributed by atoms with Crippen molar-refractivity contribution in [1.82, 2.24) is 0 Å². The largest absolute Gasteiger partial charge is 0.0917 e. The zero-order chi connectivity index (χ0) is 19.6. The number of hydrogen-bond acceptors (Lipinski definition) is 0. The van der Waals surface area contributed by atoms with Gasteiger partial charge in [0.2, 0.25) is 0 Å². The standard InChI is InChI=1S/C28H36/c1-3-5-7-9-23-11-15-25(16-12-23)27-19-21-28(22-20-27)26-17-13-24(14-18-26)10-8-6-4-2/h3,5,11,13-14,17-22,25H,4,6-10,12,15-16H2,1-2H3. The van der Waals surface area contributed by atoms with E-state index < -0.39 is 0 Å². The lowest BCUT2D eigenvalue weighted by atomic mass is 9.83. The Hall–Kier alpha value is -2.08. The van der Waals surface area contributed by atoms with Crippen LogP contribution in [0, 0.1) is 0 Å². The summed E-state index contributed by atoms with van der Waals surface area (Å²) in [4.78, 5) is 0.